The topological polar surface area (TPSA) is 120 Å². The van der Waals surface area contributed by atoms with Crippen molar-refractivity contribution in [3.8, 4) is 0 Å². The van der Waals surface area contributed by atoms with E-state index in [1.54, 1.807) is 17.0 Å². The third-order valence-electron chi connectivity index (χ3n) is 7.03. The molecule has 1 aliphatic carbocycles. The van der Waals surface area contributed by atoms with Gasteiger partial charge in [0.05, 0.1) is 26.6 Å². The van der Waals surface area contributed by atoms with Crippen LogP contribution in [0.2, 0.25) is 0 Å². The predicted molar refractivity (Wildman–Crippen MR) is 150 cm³/mol. The third kappa shape index (κ3) is 7.39. The maximum Gasteiger partial charge on any atom is 0.409 e. The lowest BCUT2D eigenvalue weighted by atomic mass is 9.97. The van der Waals surface area contributed by atoms with Crippen LogP contribution in [-0.4, -0.2) is 67.5 Å². The van der Waals surface area contributed by atoms with E-state index in [9.17, 15) is 17.4 Å². The summed E-state index contributed by atoms with van der Waals surface area (Å²) in [6.45, 7) is 8.60. The monoisotopic (exact) mass is 566 g/mol. The molecule has 0 radical (unpaired) electrons. The van der Waals surface area contributed by atoms with E-state index < -0.39 is 19.8 Å². The number of rotatable bonds is 11. The Kier molecular flexibility index (Phi) is 10.0. The summed E-state index contributed by atoms with van der Waals surface area (Å²) in [5.41, 5.74) is 1.28. The standard InChI is InChI=1S/C27H42N4O5S2/c1-6-21-7-10-24(11-8-21)31(18-20(2)3)38(34,35)25-12-9-23(26(15-25)37(5,28)33)17-29-16-22-13-14-30(19-22)27(32)36-4/h7,9-12,15,20-22,28-29H,6,8,13-14,16-19H2,1-5H3. The van der Waals surface area contributed by atoms with Gasteiger partial charge in [-0.15, -0.1) is 0 Å². The Morgan fingerprint density at radius 2 is 2.03 bits per heavy atom. The zero-order valence-corrected chi connectivity index (χ0v) is 24.7. The molecule has 2 aliphatic rings. The Balaban J connectivity index is 1.82. The van der Waals surface area contributed by atoms with Gasteiger partial charge in [-0.2, -0.15) is 0 Å². The minimum absolute atomic E-state index is 0.0372. The Morgan fingerprint density at radius 1 is 1.29 bits per heavy atom. The molecule has 212 valence electrons. The van der Waals surface area contributed by atoms with E-state index in [-0.39, 0.29) is 27.7 Å². The third-order valence-corrected chi connectivity index (χ3v) is 10.0. The van der Waals surface area contributed by atoms with E-state index >= 15 is 0 Å². The molecular weight excluding hydrogens is 524 g/mol. The molecule has 0 spiro atoms. The highest BCUT2D eigenvalue weighted by Gasteiger charge is 2.29. The van der Waals surface area contributed by atoms with Crippen molar-refractivity contribution in [2.75, 3.05) is 39.5 Å². The summed E-state index contributed by atoms with van der Waals surface area (Å²) in [5, 5.41) is 3.34. The fraction of sp³-hybridized carbons (Fsp3) is 0.593. The van der Waals surface area contributed by atoms with Crippen LogP contribution in [0.25, 0.3) is 0 Å². The summed E-state index contributed by atoms with van der Waals surface area (Å²) in [7, 11) is -5.76. The Morgan fingerprint density at radius 3 is 2.61 bits per heavy atom. The summed E-state index contributed by atoms with van der Waals surface area (Å²) in [6.07, 6.45) is 9.55. The molecule has 1 amide bonds. The lowest BCUT2D eigenvalue weighted by Crippen LogP contribution is -2.34. The number of carbonyl (C=O) groups excluding carboxylic acids is 1. The second-order valence-electron chi connectivity index (χ2n) is 10.6. The van der Waals surface area contributed by atoms with E-state index in [1.807, 2.05) is 26.0 Å². The van der Waals surface area contributed by atoms with Crippen LogP contribution in [0.5, 0.6) is 0 Å². The molecule has 1 fully saturated rings. The van der Waals surface area contributed by atoms with E-state index in [2.05, 4.69) is 18.3 Å². The lowest BCUT2D eigenvalue weighted by molar-refractivity contribution is 0.131. The summed E-state index contributed by atoms with van der Waals surface area (Å²) in [6, 6.07) is 4.62. The maximum absolute atomic E-state index is 13.8. The molecule has 1 aliphatic heterocycles. The van der Waals surface area contributed by atoms with Gasteiger partial charge in [-0.3, -0.25) is 4.31 Å². The lowest BCUT2D eigenvalue weighted by Gasteiger charge is -2.29. The van der Waals surface area contributed by atoms with Crippen LogP contribution in [-0.2, 0) is 31.0 Å². The molecule has 0 saturated carbocycles. The molecule has 11 heteroatoms. The molecule has 2 N–H and O–H groups in total. The molecular formula is C27H42N4O5S2. The number of likely N-dealkylation sites (tertiary alicyclic amines) is 1. The van der Waals surface area contributed by atoms with Gasteiger partial charge in [-0.1, -0.05) is 39.0 Å². The fourth-order valence-corrected chi connectivity index (χ4v) is 7.59. The van der Waals surface area contributed by atoms with E-state index in [4.69, 9.17) is 9.52 Å². The van der Waals surface area contributed by atoms with Gasteiger partial charge < -0.3 is 15.0 Å². The van der Waals surface area contributed by atoms with E-state index in [0.29, 0.717) is 49.9 Å². The predicted octanol–water partition coefficient (Wildman–Crippen LogP) is 4.42. The Labute approximate surface area is 228 Å². The number of nitrogens with one attached hydrogen (secondary N) is 2. The van der Waals surface area contributed by atoms with Crippen LogP contribution in [0.1, 0.15) is 45.6 Å². The second-order valence-corrected chi connectivity index (χ2v) is 14.6. The van der Waals surface area contributed by atoms with Crippen LogP contribution >= 0.6 is 0 Å². The largest absolute Gasteiger partial charge is 0.453 e. The van der Waals surface area contributed by atoms with Gasteiger partial charge in [0, 0.05) is 44.7 Å². The van der Waals surface area contributed by atoms with Gasteiger partial charge in [0.1, 0.15) is 0 Å². The molecule has 1 saturated heterocycles. The van der Waals surface area contributed by atoms with Gasteiger partial charge >= 0.3 is 6.09 Å². The van der Waals surface area contributed by atoms with Gasteiger partial charge in [0.2, 0.25) is 0 Å². The van der Waals surface area contributed by atoms with E-state index in [0.717, 1.165) is 19.3 Å². The van der Waals surface area contributed by atoms with Gasteiger partial charge in [-0.25, -0.2) is 22.2 Å². The van der Waals surface area contributed by atoms with Crippen LogP contribution in [0.3, 0.4) is 0 Å². The van der Waals surface area contributed by atoms with Gasteiger partial charge in [0.25, 0.3) is 10.0 Å². The molecule has 0 aromatic heterocycles. The van der Waals surface area contributed by atoms with Crippen LogP contribution in [0, 0.1) is 22.5 Å². The zero-order valence-electron chi connectivity index (χ0n) is 23.1. The minimum atomic E-state index is -3.93. The average Bonchev–Trinajstić information content (AvgIpc) is 3.35. The smallest absolute Gasteiger partial charge is 0.409 e. The molecule has 9 nitrogen and oxygen atoms in total. The van der Waals surface area contributed by atoms with Crippen molar-refractivity contribution in [3.05, 3.63) is 47.7 Å². The number of hydrogen-bond acceptors (Lipinski definition) is 7. The molecule has 3 rings (SSSR count). The Hall–Kier alpha value is -2.37. The number of allylic oxidation sites excluding steroid dienone is 3. The molecule has 1 heterocycles. The summed E-state index contributed by atoms with van der Waals surface area (Å²) in [5.74, 6) is 0.762. The highest BCUT2D eigenvalue weighted by atomic mass is 32.2. The van der Waals surface area contributed by atoms with Crippen molar-refractivity contribution in [2.24, 2.45) is 17.8 Å². The summed E-state index contributed by atoms with van der Waals surface area (Å²) < 4.78 is 55.1. The molecule has 1 aromatic carbocycles. The first kappa shape index (κ1) is 30.2. The van der Waals surface area contributed by atoms with Gasteiger partial charge in [0.15, 0.2) is 0 Å². The average molecular weight is 567 g/mol. The maximum atomic E-state index is 13.8. The summed E-state index contributed by atoms with van der Waals surface area (Å²) >= 11 is 0. The van der Waals surface area contributed by atoms with Crippen molar-refractivity contribution in [1.82, 2.24) is 14.5 Å². The molecule has 38 heavy (non-hydrogen) atoms. The number of carbonyl (C=O) groups is 1. The number of ether oxygens (including phenoxy) is 1. The number of hydrogen-bond donors (Lipinski definition) is 2. The van der Waals surface area contributed by atoms with Crippen molar-refractivity contribution < 1.29 is 22.2 Å². The normalized spacial score (nSPS) is 21.3. The second kappa shape index (κ2) is 12.7. The highest BCUT2D eigenvalue weighted by molar-refractivity contribution is 7.92. The van der Waals surface area contributed by atoms with Crippen LogP contribution < -0.4 is 5.32 Å². The first-order valence-electron chi connectivity index (χ1n) is 13.2. The van der Waals surface area contributed by atoms with Crippen LogP contribution in [0.4, 0.5) is 4.79 Å². The van der Waals surface area contributed by atoms with Crippen molar-refractivity contribution >= 4 is 25.8 Å². The molecule has 3 atom stereocenters. The van der Waals surface area contributed by atoms with Crippen molar-refractivity contribution in [3.63, 3.8) is 0 Å². The number of amides is 1. The fourth-order valence-electron chi connectivity index (χ4n) is 4.85. The molecule has 1 aromatic rings. The number of methoxy groups -OCH3 is 1. The number of nitrogens with zero attached hydrogens (tertiary/aromatic N) is 2. The first-order chi connectivity index (χ1) is 17.9. The van der Waals surface area contributed by atoms with E-state index in [1.165, 1.54) is 23.7 Å². The Bertz CT molecular complexity index is 1270. The van der Waals surface area contributed by atoms with Crippen molar-refractivity contribution in [2.45, 2.75) is 56.4 Å². The minimum Gasteiger partial charge on any atom is -0.453 e. The highest BCUT2D eigenvalue weighted by Crippen LogP contribution is 2.30. The first-order valence-corrected chi connectivity index (χ1v) is 16.6. The quantitative estimate of drug-likeness (QED) is 0.409. The number of benzene rings is 1. The molecule has 0 bridgehead atoms. The molecule has 3 unspecified atom stereocenters. The summed E-state index contributed by atoms with van der Waals surface area (Å²) in [4.78, 5) is 13.7. The number of sulfonamides is 1. The van der Waals surface area contributed by atoms with Crippen LogP contribution in [0.15, 0.2) is 51.9 Å². The van der Waals surface area contributed by atoms with Crippen molar-refractivity contribution in [1.29, 1.82) is 4.78 Å². The zero-order chi connectivity index (χ0) is 28.1. The SMILES string of the molecule is CCC1C=CC(N(CC(C)C)S(=O)(=O)c2ccc(CNCC3CCN(C(=O)OC)C3)c(S(C)(=N)=O)c2)=CC1. The van der Waals surface area contributed by atoms with Gasteiger partial charge in [-0.05, 0) is 60.8 Å².